The van der Waals surface area contributed by atoms with E-state index in [4.69, 9.17) is 4.74 Å². The number of ether oxygens (including phenoxy) is 1. The second-order valence-electron chi connectivity index (χ2n) is 6.39. The number of para-hydroxylation sites is 1. The van der Waals surface area contributed by atoms with Gasteiger partial charge in [0.2, 0.25) is 0 Å². The predicted octanol–water partition coefficient (Wildman–Crippen LogP) is 3.49. The lowest BCUT2D eigenvalue weighted by Gasteiger charge is -2.36. The van der Waals surface area contributed by atoms with Crippen LogP contribution >= 0.6 is 11.8 Å². The van der Waals surface area contributed by atoms with Crippen LogP contribution in [-0.2, 0) is 4.79 Å². The molecule has 0 unspecified atom stereocenters. The Morgan fingerprint density at radius 3 is 2.30 bits per heavy atom. The van der Waals surface area contributed by atoms with E-state index in [-0.39, 0.29) is 5.91 Å². The second kappa shape index (κ2) is 7.88. The van der Waals surface area contributed by atoms with Gasteiger partial charge in [-0.2, -0.15) is 4.99 Å². The molecule has 0 bridgehead atoms. The maximum atomic E-state index is 12.3. The van der Waals surface area contributed by atoms with Crippen LogP contribution in [0.25, 0.3) is 6.08 Å². The van der Waals surface area contributed by atoms with E-state index in [1.54, 1.807) is 7.11 Å². The van der Waals surface area contributed by atoms with Crippen molar-refractivity contribution in [3.8, 4) is 5.75 Å². The summed E-state index contributed by atoms with van der Waals surface area (Å²) in [6.45, 7) is 3.58. The molecule has 2 aliphatic rings. The Hall–Kier alpha value is -2.73. The lowest BCUT2D eigenvalue weighted by molar-refractivity contribution is -0.113. The van der Waals surface area contributed by atoms with Gasteiger partial charge in [-0.3, -0.25) is 4.79 Å². The Labute approximate surface area is 163 Å². The molecule has 1 amide bonds. The van der Waals surface area contributed by atoms with Gasteiger partial charge >= 0.3 is 0 Å². The largest absolute Gasteiger partial charge is 0.497 e. The number of hydrogen-bond donors (Lipinski definition) is 0. The number of amidine groups is 1. The predicted molar refractivity (Wildman–Crippen MR) is 111 cm³/mol. The highest BCUT2D eigenvalue weighted by Crippen LogP contribution is 2.31. The van der Waals surface area contributed by atoms with Crippen molar-refractivity contribution in [3.63, 3.8) is 0 Å². The topological polar surface area (TPSA) is 45.1 Å². The summed E-state index contributed by atoms with van der Waals surface area (Å²) < 4.78 is 5.17. The zero-order valence-electron chi connectivity index (χ0n) is 15.2. The minimum Gasteiger partial charge on any atom is -0.497 e. The van der Waals surface area contributed by atoms with E-state index >= 15 is 0 Å². The highest BCUT2D eigenvalue weighted by Gasteiger charge is 2.28. The van der Waals surface area contributed by atoms with Gasteiger partial charge < -0.3 is 14.5 Å². The summed E-state index contributed by atoms with van der Waals surface area (Å²) >= 11 is 1.46. The van der Waals surface area contributed by atoms with Crippen LogP contribution in [-0.4, -0.2) is 49.3 Å². The number of benzene rings is 2. The average Bonchev–Trinajstić information content (AvgIpc) is 3.10. The highest BCUT2D eigenvalue weighted by atomic mass is 32.2. The van der Waals surface area contributed by atoms with Gasteiger partial charge in [-0.1, -0.05) is 30.3 Å². The van der Waals surface area contributed by atoms with Crippen LogP contribution in [0.3, 0.4) is 0 Å². The van der Waals surface area contributed by atoms with E-state index in [1.165, 1.54) is 17.4 Å². The first kappa shape index (κ1) is 17.7. The molecule has 0 radical (unpaired) electrons. The molecule has 1 saturated heterocycles. The third-order valence-corrected chi connectivity index (χ3v) is 5.74. The molecule has 4 rings (SSSR count). The van der Waals surface area contributed by atoms with Gasteiger partial charge in [-0.05, 0) is 47.7 Å². The fourth-order valence-electron chi connectivity index (χ4n) is 3.18. The summed E-state index contributed by atoms with van der Waals surface area (Å²) in [5, 5.41) is 0.812. The molecule has 27 heavy (non-hydrogen) atoms. The molecular weight excluding hydrogens is 358 g/mol. The van der Waals surface area contributed by atoms with Gasteiger partial charge in [-0.15, -0.1) is 0 Å². The molecule has 2 heterocycles. The first-order valence-corrected chi connectivity index (χ1v) is 9.76. The van der Waals surface area contributed by atoms with Gasteiger partial charge in [0.05, 0.1) is 12.0 Å². The van der Waals surface area contributed by atoms with Crippen LogP contribution in [0.4, 0.5) is 5.69 Å². The van der Waals surface area contributed by atoms with E-state index in [0.29, 0.717) is 4.91 Å². The summed E-state index contributed by atoms with van der Waals surface area (Å²) in [6.07, 6.45) is 1.89. The van der Waals surface area contributed by atoms with Crippen LogP contribution < -0.4 is 9.64 Å². The third kappa shape index (κ3) is 4.01. The Bertz CT molecular complexity index is 870. The molecule has 0 N–H and O–H groups in total. The van der Waals surface area contributed by atoms with Crippen molar-refractivity contribution in [1.82, 2.24) is 4.90 Å². The maximum Gasteiger partial charge on any atom is 0.286 e. The quantitative estimate of drug-likeness (QED) is 0.764. The van der Waals surface area contributed by atoms with Crippen LogP contribution in [0.15, 0.2) is 64.5 Å². The number of aliphatic imine (C=N–C) groups is 1. The molecule has 2 aromatic rings. The highest BCUT2D eigenvalue weighted by molar-refractivity contribution is 8.18. The molecule has 6 heteroatoms. The van der Waals surface area contributed by atoms with Crippen LogP contribution in [0.2, 0.25) is 0 Å². The standard InChI is InChI=1S/C21H21N3O2S/c1-26-18-9-7-16(8-10-18)15-19-20(25)22-21(27-19)24-13-11-23(12-14-24)17-5-3-2-4-6-17/h2-10,15H,11-14H2,1H3. The first-order valence-electron chi connectivity index (χ1n) is 8.94. The maximum absolute atomic E-state index is 12.3. The van der Waals surface area contributed by atoms with Crippen LogP contribution in [0, 0.1) is 0 Å². The number of methoxy groups -OCH3 is 1. The summed E-state index contributed by atoms with van der Waals surface area (Å²) in [5.74, 6) is 0.645. The fourth-order valence-corrected chi connectivity index (χ4v) is 4.14. The molecule has 2 aromatic carbocycles. The molecule has 0 aliphatic carbocycles. The van der Waals surface area contributed by atoms with Crippen molar-refractivity contribution in [3.05, 3.63) is 65.1 Å². The Morgan fingerprint density at radius 1 is 0.963 bits per heavy atom. The van der Waals surface area contributed by atoms with E-state index in [2.05, 4.69) is 39.1 Å². The zero-order valence-corrected chi connectivity index (χ0v) is 16.0. The molecule has 0 aromatic heterocycles. The average molecular weight is 379 g/mol. The second-order valence-corrected chi connectivity index (χ2v) is 7.40. The lowest BCUT2D eigenvalue weighted by atomic mass is 10.2. The lowest BCUT2D eigenvalue weighted by Crippen LogP contribution is -2.47. The number of carbonyl (C=O) groups is 1. The smallest absolute Gasteiger partial charge is 0.286 e. The van der Waals surface area contributed by atoms with Crippen molar-refractivity contribution in [2.45, 2.75) is 0 Å². The van der Waals surface area contributed by atoms with Crippen LogP contribution in [0.1, 0.15) is 5.56 Å². The van der Waals surface area contributed by atoms with Crippen molar-refractivity contribution in [2.75, 3.05) is 38.2 Å². The SMILES string of the molecule is COc1ccc(C=C2SC(N3CCN(c4ccccc4)CC3)=NC2=O)cc1. The minimum absolute atomic E-state index is 0.156. The normalized spacial score (nSPS) is 18.8. The van der Waals surface area contributed by atoms with Crippen molar-refractivity contribution >= 4 is 34.6 Å². The molecule has 2 aliphatic heterocycles. The number of carbonyl (C=O) groups excluding carboxylic acids is 1. The summed E-state index contributed by atoms with van der Waals surface area (Å²) in [6, 6.07) is 18.1. The number of hydrogen-bond acceptors (Lipinski definition) is 5. The molecule has 0 atom stereocenters. The van der Waals surface area contributed by atoms with Gasteiger partial charge in [0.1, 0.15) is 5.75 Å². The fraction of sp³-hybridized carbons (Fsp3) is 0.238. The monoisotopic (exact) mass is 379 g/mol. The molecule has 5 nitrogen and oxygen atoms in total. The van der Waals surface area contributed by atoms with Crippen LogP contribution in [0.5, 0.6) is 5.75 Å². The van der Waals surface area contributed by atoms with Crippen molar-refractivity contribution in [1.29, 1.82) is 0 Å². The van der Waals surface area contributed by atoms with Gasteiger partial charge in [0, 0.05) is 31.9 Å². The molecular formula is C21H21N3O2S. The van der Waals surface area contributed by atoms with E-state index in [9.17, 15) is 4.79 Å². The first-order chi connectivity index (χ1) is 13.2. The zero-order chi connectivity index (χ0) is 18.6. The Morgan fingerprint density at radius 2 is 1.63 bits per heavy atom. The molecule has 138 valence electrons. The van der Waals surface area contributed by atoms with E-state index in [1.807, 2.05) is 36.4 Å². The Balaban J connectivity index is 1.39. The minimum atomic E-state index is -0.156. The van der Waals surface area contributed by atoms with Crippen molar-refractivity contribution in [2.24, 2.45) is 4.99 Å². The van der Waals surface area contributed by atoms with Gasteiger partial charge in [-0.25, -0.2) is 0 Å². The number of thioether (sulfide) groups is 1. The summed E-state index contributed by atoms with van der Waals surface area (Å²) in [4.78, 5) is 21.8. The molecule has 0 saturated carbocycles. The van der Waals surface area contributed by atoms with E-state index in [0.717, 1.165) is 42.7 Å². The third-order valence-electron chi connectivity index (χ3n) is 4.69. The number of amides is 1. The Kier molecular flexibility index (Phi) is 5.16. The number of piperazine rings is 1. The van der Waals surface area contributed by atoms with E-state index < -0.39 is 0 Å². The number of nitrogens with zero attached hydrogens (tertiary/aromatic N) is 3. The van der Waals surface area contributed by atoms with Crippen molar-refractivity contribution < 1.29 is 9.53 Å². The number of anilines is 1. The van der Waals surface area contributed by atoms with Gasteiger partial charge in [0.15, 0.2) is 5.17 Å². The summed E-state index contributed by atoms with van der Waals surface area (Å²) in [7, 11) is 1.64. The molecule has 1 fully saturated rings. The number of rotatable bonds is 3. The summed E-state index contributed by atoms with van der Waals surface area (Å²) in [5.41, 5.74) is 2.21. The molecule has 0 spiro atoms. The van der Waals surface area contributed by atoms with Gasteiger partial charge in [0.25, 0.3) is 5.91 Å².